The number of carbonyl (C=O) groups excluding carboxylic acids is 2. The van der Waals surface area contributed by atoms with Crippen molar-refractivity contribution in [3.63, 3.8) is 0 Å². The fourth-order valence-electron chi connectivity index (χ4n) is 4.69. The summed E-state index contributed by atoms with van der Waals surface area (Å²) in [7, 11) is 0. The average molecular weight is 451 g/mol. The highest BCUT2D eigenvalue weighted by atomic mass is 19.4. The van der Waals surface area contributed by atoms with Crippen LogP contribution in [-0.2, 0) is 4.79 Å². The number of hydrogen-bond donors (Lipinski definition) is 2. The van der Waals surface area contributed by atoms with Gasteiger partial charge in [-0.05, 0) is 48.9 Å². The second-order valence-electron chi connectivity index (χ2n) is 8.60. The Balaban J connectivity index is 1.54. The Morgan fingerprint density at radius 3 is 2.44 bits per heavy atom. The zero-order chi connectivity index (χ0) is 23.3. The highest BCUT2D eigenvalue weighted by Gasteiger charge is 2.50. The summed E-state index contributed by atoms with van der Waals surface area (Å²) in [6, 6.07) is 5.73. The van der Waals surface area contributed by atoms with Gasteiger partial charge in [-0.15, -0.1) is 0 Å². The first kappa shape index (κ1) is 22.0. The van der Waals surface area contributed by atoms with E-state index in [0.29, 0.717) is 12.1 Å². The molecule has 2 amide bonds. The number of benzene rings is 1. The number of halogens is 3. The number of nitrogen functional groups attached to an aromatic ring is 1. The summed E-state index contributed by atoms with van der Waals surface area (Å²) in [5.74, 6) is -0.480. The summed E-state index contributed by atoms with van der Waals surface area (Å²) in [6.07, 6.45) is -1.96. The second-order valence-corrected chi connectivity index (χ2v) is 8.60. The number of ether oxygens (including phenoxy) is 1. The maximum Gasteiger partial charge on any atom is 0.422 e. The van der Waals surface area contributed by atoms with Crippen molar-refractivity contribution in [2.24, 2.45) is 11.1 Å². The summed E-state index contributed by atoms with van der Waals surface area (Å²) in [6.45, 7) is 1.60. The molecule has 2 aliphatic rings. The molecule has 1 aromatic heterocycles. The Hall–Kier alpha value is -3.24. The van der Waals surface area contributed by atoms with Gasteiger partial charge in [-0.1, -0.05) is 0 Å². The van der Waals surface area contributed by atoms with E-state index in [2.05, 4.69) is 5.10 Å². The maximum atomic E-state index is 12.3. The van der Waals surface area contributed by atoms with Crippen molar-refractivity contribution in [2.75, 3.05) is 25.4 Å². The zero-order valence-corrected chi connectivity index (χ0v) is 17.5. The van der Waals surface area contributed by atoms with Crippen LogP contribution in [0.5, 0.6) is 5.75 Å². The lowest BCUT2D eigenvalue weighted by atomic mass is 9.65. The lowest BCUT2D eigenvalue weighted by Gasteiger charge is -2.45. The fourth-order valence-corrected chi connectivity index (χ4v) is 4.69. The summed E-state index contributed by atoms with van der Waals surface area (Å²) in [5, 5.41) is 4.54. The van der Waals surface area contributed by atoms with Crippen molar-refractivity contribution < 1.29 is 27.5 Å². The number of alkyl halides is 3. The standard InChI is InChI=1S/C21H24F3N5O3/c1-12(30)28-7-6-20(10-28)8-14(9-20)29-18(25)16(19(26)31)17(27-29)13-2-4-15(5-3-13)32-11-21(22,23)24/h2-5,14H,6-11,25H2,1H3,(H2,26,31). The first-order valence-electron chi connectivity index (χ1n) is 10.2. The molecule has 2 heterocycles. The third-order valence-electron chi connectivity index (χ3n) is 6.29. The quantitative estimate of drug-likeness (QED) is 0.725. The van der Waals surface area contributed by atoms with Crippen LogP contribution in [0.3, 0.4) is 0 Å². The molecule has 0 bridgehead atoms. The van der Waals surface area contributed by atoms with Gasteiger partial charge in [0.05, 0.1) is 6.04 Å². The number of rotatable bonds is 5. The van der Waals surface area contributed by atoms with Crippen LogP contribution in [0.25, 0.3) is 11.3 Å². The Morgan fingerprint density at radius 1 is 1.25 bits per heavy atom. The molecule has 4 N–H and O–H groups in total. The van der Waals surface area contributed by atoms with Gasteiger partial charge in [0.15, 0.2) is 6.61 Å². The summed E-state index contributed by atoms with van der Waals surface area (Å²) >= 11 is 0. The first-order chi connectivity index (χ1) is 15.0. The van der Waals surface area contributed by atoms with E-state index in [1.165, 1.54) is 24.3 Å². The number of aromatic nitrogens is 2. The number of anilines is 1. The Bertz CT molecular complexity index is 1040. The van der Waals surface area contributed by atoms with E-state index in [1.54, 1.807) is 11.6 Å². The molecule has 11 heteroatoms. The van der Waals surface area contributed by atoms with Crippen LogP contribution in [0.4, 0.5) is 19.0 Å². The lowest BCUT2D eigenvalue weighted by molar-refractivity contribution is -0.153. The van der Waals surface area contributed by atoms with Gasteiger partial charge in [0.2, 0.25) is 5.91 Å². The van der Waals surface area contributed by atoms with Crippen LogP contribution in [0, 0.1) is 5.41 Å². The molecule has 2 fully saturated rings. The third kappa shape index (κ3) is 4.11. The third-order valence-corrected chi connectivity index (χ3v) is 6.29. The van der Waals surface area contributed by atoms with Crippen LogP contribution in [-0.4, -0.2) is 52.4 Å². The number of primary amides is 1. The van der Waals surface area contributed by atoms with Crippen LogP contribution >= 0.6 is 0 Å². The molecule has 1 spiro atoms. The topological polar surface area (TPSA) is 116 Å². The highest BCUT2D eigenvalue weighted by Crippen LogP contribution is 2.54. The van der Waals surface area contributed by atoms with Crippen LogP contribution in [0.15, 0.2) is 24.3 Å². The predicted molar refractivity (Wildman–Crippen MR) is 110 cm³/mol. The largest absolute Gasteiger partial charge is 0.484 e. The van der Waals surface area contributed by atoms with Gasteiger partial charge in [-0.25, -0.2) is 4.68 Å². The van der Waals surface area contributed by atoms with Crippen LogP contribution in [0.2, 0.25) is 0 Å². The molecular weight excluding hydrogens is 427 g/mol. The van der Waals surface area contributed by atoms with E-state index >= 15 is 0 Å². The number of amides is 2. The summed E-state index contributed by atoms with van der Waals surface area (Å²) in [5.41, 5.74) is 12.7. The normalized spacial score (nSPS) is 22.8. The van der Waals surface area contributed by atoms with Crippen molar-refractivity contribution in [2.45, 2.75) is 38.4 Å². The van der Waals surface area contributed by atoms with Crippen molar-refractivity contribution >= 4 is 17.6 Å². The fraction of sp³-hybridized carbons (Fsp3) is 0.476. The molecule has 8 nitrogen and oxygen atoms in total. The van der Waals surface area contributed by atoms with Crippen molar-refractivity contribution in [1.29, 1.82) is 0 Å². The van der Waals surface area contributed by atoms with Gasteiger partial charge in [0.25, 0.3) is 5.91 Å². The molecule has 0 radical (unpaired) electrons. The Morgan fingerprint density at radius 2 is 1.91 bits per heavy atom. The van der Waals surface area contributed by atoms with Gasteiger partial charge in [0, 0.05) is 25.6 Å². The zero-order valence-electron chi connectivity index (χ0n) is 17.5. The summed E-state index contributed by atoms with van der Waals surface area (Å²) < 4.78 is 43.3. The highest BCUT2D eigenvalue weighted by molar-refractivity contribution is 6.03. The first-order valence-corrected chi connectivity index (χ1v) is 10.2. The Labute approximate surface area is 182 Å². The molecule has 1 aromatic carbocycles. The molecule has 0 atom stereocenters. The minimum Gasteiger partial charge on any atom is -0.484 e. The van der Waals surface area contributed by atoms with Gasteiger partial charge in [-0.3, -0.25) is 9.59 Å². The molecule has 32 heavy (non-hydrogen) atoms. The van der Waals surface area contributed by atoms with Gasteiger partial charge in [0.1, 0.15) is 22.8 Å². The number of likely N-dealkylation sites (tertiary alicyclic amines) is 1. The molecule has 1 aliphatic heterocycles. The van der Waals surface area contributed by atoms with Crippen LogP contribution in [0.1, 0.15) is 42.6 Å². The lowest BCUT2D eigenvalue weighted by Crippen LogP contribution is -2.42. The Kier molecular flexibility index (Phi) is 5.30. The summed E-state index contributed by atoms with van der Waals surface area (Å²) in [4.78, 5) is 25.6. The molecule has 1 aliphatic carbocycles. The van der Waals surface area contributed by atoms with E-state index in [4.69, 9.17) is 16.2 Å². The molecule has 4 rings (SSSR count). The van der Waals surface area contributed by atoms with E-state index in [-0.39, 0.29) is 40.2 Å². The van der Waals surface area contributed by atoms with E-state index in [1.807, 2.05) is 4.90 Å². The molecule has 1 saturated heterocycles. The molecule has 172 valence electrons. The predicted octanol–water partition coefficient (Wildman–Crippen LogP) is 2.75. The van der Waals surface area contributed by atoms with Crippen molar-refractivity contribution in [3.8, 4) is 17.0 Å². The molecule has 0 unspecified atom stereocenters. The molecule has 1 saturated carbocycles. The number of nitrogens with two attached hydrogens (primary N) is 2. The average Bonchev–Trinajstić information content (AvgIpc) is 3.27. The van der Waals surface area contributed by atoms with Gasteiger partial charge in [-0.2, -0.15) is 18.3 Å². The second kappa shape index (κ2) is 7.72. The van der Waals surface area contributed by atoms with E-state index < -0.39 is 18.7 Å². The number of nitrogens with zero attached hydrogens (tertiary/aromatic N) is 3. The maximum absolute atomic E-state index is 12.3. The van der Waals surface area contributed by atoms with Crippen LogP contribution < -0.4 is 16.2 Å². The molecular formula is C21H24F3N5O3. The smallest absolute Gasteiger partial charge is 0.422 e. The monoisotopic (exact) mass is 451 g/mol. The van der Waals surface area contributed by atoms with Crippen molar-refractivity contribution in [1.82, 2.24) is 14.7 Å². The number of hydrogen-bond acceptors (Lipinski definition) is 5. The minimum absolute atomic E-state index is 0.0249. The van der Waals surface area contributed by atoms with E-state index in [0.717, 1.165) is 25.8 Å². The van der Waals surface area contributed by atoms with E-state index in [9.17, 15) is 22.8 Å². The SMILES string of the molecule is CC(=O)N1CCC2(CC(n3nc(-c4ccc(OCC(F)(F)F)cc4)c(C(N)=O)c3N)C2)C1. The minimum atomic E-state index is -4.44. The number of carbonyl (C=O) groups is 2. The van der Waals surface area contributed by atoms with Crippen molar-refractivity contribution in [3.05, 3.63) is 29.8 Å². The van der Waals surface area contributed by atoms with Gasteiger partial charge < -0.3 is 21.1 Å². The van der Waals surface area contributed by atoms with Gasteiger partial charge >= 0.3 is 6.18 Å². The molecule has 2 aromatic rings.